The molecule has 166 valence electrons. The Bertz CT molecular complexity index is 1060. The van der Waals surface area contributed by atoms with Crippen molar-refractivity contribution in [3.63, 3.8) is 0 Å². The average Bonchev–Trinajstić information content (AvgIpc) is 3.04. The molecule has 9 heteroatoms. The molecule has 0 bridgehead atoms. The van der Waals surface area contributed by atoms with E-state index in [9.17, 15) is 18.0 Å². The van der Waals surface area contributed by atoms with Gasteiger partial charge in [0.05, 0.1) is 27.7 Å². The van der Waals surface area contributed by atoms with Gasteiger partial charge in [-0.05, 0) is 56.2 Å². The highest BCUT2D eigenvalue weighted by Gasteiger charge is 2.26. The maximum atomic E-state index is 13.1. The minimum atomic E-state index is -3.72. The molecule has 1 N–H and O–H groups in total. The van der Waals surface area contributed by atoms with Crippen LogP contribution in [0.5, 0.6) is 0 Å². The van der Waals surface area contributed by atoms with Crippen molar-refractivity contribution in [3.8, 4) is 0 Å². The number of nitrogens with zero attached hydrogens (tertiary/aromatic N) is 1. The van der Waals surface area contributed by atoms with Crippen LogP contribution in [-0.2, 0) is 14.8 Å². The van der Waals surface area contributed by atoms with Crippen LogP contribution in [0.1, 0.15) is 53.3 Å². The van der Waals surface area contributed by atoms with Crippen LogP contribution in [0.4, 0.5) is 5.69 Å². The first-order chi connectivity index (χ1) is 14.8. The Kier molecular flexibility index (Phi) is 7.69. The predicted molar refractivity (Wildman–Crippen MR) is 119 cm³/mol. The molecule has 1 amide bonds. The molecular formula is C22H25ClN2O5S. The van der Waals surface area contributed by atoms with Gasteiger partial charge in [0.15, 0.2) is 0 Å². The number of hydrogen-bond donors (Lipinski definition) is 1. The molecule has 31 heavy (non-hydrogen) atoms. The van der Waals surface area contributed by atoms with E-state index in [1.165, 1.54) is 28.6 Å². The number of benzene rings is 2. The molecule has 0 spiro atoms. The molecule has 0 unspecified atom stereocenters. The lowest BCUT2D eigenvalue weighted by Gasteiger charge is -2.20. The summed E-state index contributed by atoms with van der Waals surface area (Å²) in [5.74, 6) is -1.07. The molecule has 0 aromatic heterocycles. The molecule has 0 atom stereocenters. The van der Waals surface area contributed by atoms with Crippen molar-refractivity contribution in [2.45, 2.75) is 37.5 Å². The Balaban J connectivity index is 1.84. The van der Waals surface area contributed by atoms with Gasteiger partial charge in [0.25, 0.3) is 5.91 Å². The van der Waals surface area contributed by atoms with E-state index in [2.05, 4.69) is 5.32 Å². The van der Waals surface area contributed by atoms with Gasteiger partial charge in [0.2, 0.25) is 10.0 Å². The fraction of sp³-hybridized carbons (Fsp3) is 0.364. The minimum Gasteiger partial charge on any atom is -0.462 e. The van der Waals surface area contributed by atoms with Gasteiger partial charge in [-0.25, -0.2) is 13.2 Å². The zero-order chi connectivity index (χ0) is 22.4. The van der Waals surface area contributed by atoms with E-state index in [4.69, 9.17) is 16.3 Å². The molecule has 1 saturated heterocycles. The number of amides is 1. The van der Waals surface area contributed by atoms with Crippen LogP contribution >= 0.6 is 11.6 Å². The van der Waals surface area contributed by atoms with Crippen molar-refractivity contribution >= 4 is 39.2 Å². The number of nitrogens with one attached hydrogen (secondary N) is 1. The lowest BCUT2D eigenvalue weighted by molar-refractivity contribution is 0.0526. The molecule has 1 aliphatic rings. The summed E-state index contributed by atoms with van der Waals surface area (Å²) in [6, 6.07) is 10.4. The van der Waals surface area contributed by atoms with E-state index in [1.807, 2.05) is 0 Å². The third kappa shape index (κ3) is 5.64. The SMILES string of the molecule is CCOC(=O)c1cccc(NC(=O)c2cc(S(=O)(=O)N3CCCCCC3)ccc2Cl)c1. The lowest BCUT2D eigenvalue weighted by atomic mass is 10.1. The summed E-state index contributed by atoms with van der Waals surface area (Å²) in [5, 5.41) is 2.80. The topological polar surface area (TPSA) is 92.8 Å². The van der Waals surface area contributed by atoms with Crippen LogP contribution in [0.15, 0.2) is 47.4 Å². The van der Waals surface area contributed by atoms with Crippen molar-refractivity contribution in [2.75, 3.05) is 25.0 Å². The second-order valence-corrected chi connectivity index (χ2v) is 9.56. The number of hydrogen-bond acceptors (Lipinski definition) is 5. The number of halogens is 1. The highest BCUT2D eigenvalue weighted by molar-refractivity contribution is 7.89. The van der Waals surface area contributed by atoms with Crippen molar-refractivity contribution in [2.24, 2.45) is 0 Å². The van der Waals surface area contributed by atoms with Crippen molar-refractivity contribution in [1.82, 2.24) is 4.31 Å². The van der Waals surface area contributed by atoms with E-state index in [0.717, 1.165) is 25.7 Å². The number of anilines is 1. The Morgan fingerprint density at radius 3 is 2.45 bits per heavy atom. The van der Waals surface area contributed by atoms with Crippen LogP contribution in [0.25, 0.3) is 0 Å². The lowest BCUT2D eigenvalue weighted by Crippen LogP contribution is -2.32. The van der Waals surface area contributed by atoms with Gasteiger partial charge in [-0.2, -0.15) is 4.31 Å². The number of rotatable bonds is 6. The summed E-state index contributed by atoms with van der Waals surface area (Å²) in [5.41, 5.74) is 0.703. The molecule has 2 aromatic carbocycles. The summed E-state index contributed by atoms with van der Waals surface area (Å²) in [4.78, 5) is 24.8. The molecule has 0 aliphatic carbocycles. The smallest absolute Gasteiger partial charge is 0.338 e. The Hall–Kier alpha value is -2.42. The molecule has 0 radical (unpaired) electrons. The molecule has 2 aromatic rings. The van der Waals surface area contributed by atoms with Gasteiger partial charge in [0, 0.05) is 18.8 Å². The van der Waals surface area contributed by atoms with E-state index >= 15 is 0 Å². The highest BCUT2D eigenvalue weighted by atomic mass is 35.5. The number of carbonyl (C=O) groups excluding carboxylic acids is 2. The van der Waals surface area contributed by atoms with E-state index in [-0.39, 0.29) is 22.1 Å². The van der Waals surface area contributed by atoms with Crippen LogP contribution in [0.2, 0.25) is 5.02 Å². The van der Waals surface area contributed by atoms with Crippen LogP contribution in [-0.4, -0.2) is 44.3 Å². The van der Waals surface area contributed by atoms with Gasteiger partial charge in [-0.15, -0.1) is 0 Å². The number of carbonyl (C=O) groups is 2. The van der Waals surface area contributed by atoms with Crippen molar-refractivity contribution in [3.05, 3.63) is 58.6 Å². The second kappa shape index (κ2) is 10.3. The van der Waals surface area contributed by atoms with Crippen LogP contribution in [0, 0.1) is 0 Å². The van der Waals surface area contributed by atoms with E-state index in [0.29, 0.717) is 24.3 Å². The zero-order valence-electron chi connectivity index (χ0n) is 17.3. The average molecular weight is 465 g/mol. The molecule has 1 heterocycles. The first-order valence-electron chi connectivity index (χ1n) is 10.2. The van der Waals surface area contributed by atoms with Crippen LogP contribution in [0.3, 0.4) is 0 Å². The highest BCUT2D eigenvalue weighted by Crippen LogP contribution is 2.26. The Morgan fingerprint density at radius 1 is 1.06 bits per heavy atom. The third-order valence-electron chi connectivity index (χ3n) is 5.02. The van der Waals surface area contributed by atoms with Gasteiger partial charge >= 0.3 is 5.97 Å². The first-order valence-corrected chi connectivity index (χ1v) is 12.0. The maximum Gasteiger partial charge on any atom is 0.338 e. The van der Waals surface area contributed by atoms with Crippen molar-refractivity contribution < 1.29 is 22.7 Å². The Labute approximate surface area is 187 Å². The fourth-order valence-corrected chi connectivity index (χ4v) is 5.15. The number of ether oxygens (including phenoxy) is 1. The minimum absolute atomic E-state index is 0.0317. The standard InChI is InChI=1S/C22H25ClN2O5S/c1-2-30-22(27)16-8-7-9-17(14-16)24-21(26)19-15-18(10-11-20(19)23)31(28,29)25-12-5-3-4-6-13-25/h7-11,14-15H,2-6,12-13H2,1H3,(H,24,26). The number of sulfonamides is 1. The monoisotopic (exact) mass is 464 g/mol. The summed E-state index contributed by atoms with van der Waals surface area (Å²) < 4.78 is 32.6. The van der Waals surface area contributed by atoms with E-state index < -0.39 is 21.9 Å². The largest absolute Gasteiger partial charge is 0.462 e. The number of esters is 1. The summed E-state index contributed by atoms with van der Waals surface area (Å²) in [6.07, 6.45) is 3.64. The quantitative estimate of drug-likeness (QED) is 0.642. The summed E-state index contributed by atoms with van der Waals surface area (Å²) in [7, 11) is -3.72. The van der Waals surface area contributed by atoms with Crippen molar-refractivity contribution in [1.29, 1.82) is 0 Å². The van der Waals surface area contributed by atoms with Gasteiger partial charge in [-0.1, -0.05) is 30.5 Å². The predicted octanol–water partition coefficient (Wildman–Crippen LogP) is 4.33. The molecule has 0 saturated carbocycles. The second-order valence-electron chi connectivity index (χ2n) is 7.22. The maximum absolute atomic E-state index is 13.1. The molecular weight excluding hydrogens is 440 g/mol. The molecule has 3 rings (SSSR count). The third-order valence-corrected chi connectivity index (χ3v) is 7.24. The first kappa shape index (κ1) is 23.2. The summed E-state index contributed by atoms with van der Waals surface area (Å²) in [6.45, 7) is 2.88. The van der Waals surface area contributed by atoms with E-state index in [1.54, 1.807) is 25.1 Å². The molecule has 1 aliphatic heterocycles. The van der Waals surface area contributed by atoms with Gasteiger partial charge in [0.1, 0.15) is 0 Å². The summed E-state index contributed by atoms with van der Waals surface area (Å²) >= 11 is 6.20. The normalized spacial score (nSPS) is 15.2. The Morgan fingerprint density at radius 2 is 1.77 bits per heavy atom. The fourth-order valence-electron chi connectivity index (χ4n) is 3.41. The van der Waals surface area contributed by atoms with Crippen LogP contribution < -0.4 is 5.32 Å². The molecule has 7 nitrogen and oxygen atoms in total. The zero-order valence-corrected chi connectivity index (χ0v) is 18.8. The van der Waals surface area contributed by atoms with Gasteiger partial charge < -0.3 is 10.1 Å². The van der Waals surface area contributed by atoms with Gasteiger partial charge in [-0.3, -0.25) is 4.79 Å². The molecule has 1 fully saturated rings.